The molecule has 0 radical (unpaired) electrons. The predicted molar refractivity (Wildman–Crippen MR) is 81.5 cm³/mol. The van der Waals surface area contributed by atoms with Gasteiger partial charge in [0.05, 0.1) is 6.54 Å². The lowest BCUT2D eigenvalue weighted by atomic mass is 9.96. The second kappa shape index (κ2) is 6.25. The highest BCUT2D eigenvalue weighted by atomic mass is 16.5. The van der Waals surface area contributed by atoms with Crippen LogP contribution in [0.1, 0.15) is 18.4 Å². The molecule has 1 fully saturated rings. The summed E-state index contributed by atoms with van der Waals surface area (Å²) in [7, 11) is 0. The molecule has 0 aromatic heterocycles. The Bertz CT molecular complexity index is 543. The number of ether oxygens (including phenoxy) is 1. The van der Waals surface area contributed by atoms with E-state index in [1.807, 2.05) is 24.3 Å². The van der Waals surface area contributed by atoms with Crippen molar-refractivity contribution in [3.05, 3.63) is 29.8 Å². The third-order valence-corrected chi connectivity index (χ3v) is 4.38. The molecule has 3 N–H and O–H groups in total. The summed E-state index contributed by atoms with van der Waals surface area (Å²) in [5.41, 5.74) is 6.48. The Hall–Kier alpha value is -2.24. The summed E-state index contributed by atoms with van der Waals surface area (Å²) in [6.07, 6.45) is 2.10. The van der Waals surface area contributed by atoms with E-state index in [2.05, 4.69) is 5.32 Å². The Morgan fingerprint density at radius 1 is 1.27 bits per heavy atom. The Kier molecular flexibility index (Phi) is 4.18. The van der Waals surface area contributed by atoms with Gasteiger partial charge in [0, 0.05) is 25.4 Å². The van der Waals surface area contributed by atoms with Gasteiger partial charge in [-0.15, -0.1) is 0 Å². The second-order valence-electron chi connectivity index (χ2n) is 5.90. The van der Waals surface area contributed by atoms with Gasteiger partial charge in [0.15, 0.2) is 0 Å². The number of hydrogen-bond acceptors (Lipinski definition) is 3. The molecule has 1 atom stereocenters. The molecule has 22 heavy (non-hydrogen) atoms. The van der Waals surface area contributed by atoms with Crippen LogP contribution < -0.4 is 15.8 Å². The van der Waals surface area contributed by atoms with Crippen molar-refractivity contribution in [3.8, 4) is 5.75 Å². The summed E-state index contributed by atoms with van der Waals surface area (Å²) < 4.78 is 5.80. The monoisotopic (exact) mass is 303 g/mol. The van der Waals surface area contributed by atoms with Crippen molar-refractivity contribution in [2.45, 2.75) is 25.4 Å². The predicted octanol–water partition coefficient (Wildman–Crippen LogP) is 0.897. The minimum atomic E-state index is -0.267. The van der Waals surface area contributed by atoms with Gasteiger partial charge in [-0.2, -0.15) is 0 Å². The minimum Gasteiger partial charge on any atom is -0.488 e. The first-order valence-electron chi connectivity index (χ1n) is 7.70. The van der Waals surface area contributed by atoms with Gasteiger partial charge in [-0.1, -0.05) is 18.2 Å². The van der Waals surface area contributed by atoms with E-state index in [0.29, 0.717) is 32.5 Å². The first kappa shape index (κ1) is 14.7. The van der Waals surface area contributed by atoms with Gasteiger partial charge in [0.2, 0.25) is 5.91 Å². The summed E-state index contributed by atoms with van der Waals surface area (Å²) in [6.45, 7) is 1.64. The number of rotatable bonds is 3. The zero-order valence-corrected chi connectivity index (χ0v) is 12.5. The molecule has 6 nitrogen and oxygen atoms in total. The standard InChI is InChI=1S/C16H21N3O3/c17-15(20)11-5-7-19(8-6-11)16(21)18-10-13-9-12-3-1-2-4-14(12)22-13/h1-4,11,13H,5-10H2,(H2,17,20)(H,18,21). The smallest absolute Gasteiger partial charge is 0.317 e. The Morgan fingerprint density at radius 2 is 2.00 bits per heavy atom. The van der Waals surface area contributed by atoms with Gasteiger partial charge in [-0.3, -0.25) is 4.79 Å². The molecule has 1 aromatic rings. The third kappa shape index (κ3) is 3.16. The SMILES string of the molecule is NC(=O)C1CCN(C(=O)NCC2Cc3ccccc3O2)CC1. The van der Waals surface area contributed by atoms with Crippen LogP contribution in [0.5, 0.6) is 5.75 Å². The van der Waals surface area contributed by atoms with Crippen molar-refractivity contribution in [2.24, 2.45) is 11.7 Å². The molecule has 2 heterocycles. The van der Waals surface area contributed by atoms with Crippen LogP contribution in [0.4, 0.5) is 4.79 Å². The molecule has 3 amide bonds. The Morgan fingerprint density at radius 3 is 2.68 bits per heavy atom. The van der Waals surface area contributed by atoms with E-state index in [1.165, 1.54) is 5.56 Å². The van der Waals surface area contributed by atoms with Crippen molar-refractivity contribution in [1.82, 2.24) is 10.2 Å². The molecule has 0 aliphatic carbocycles. The summed E-state index contributed by atoms with van der Waals surface area (Å²) in [6, 6.07) is 7.84. The number of carbonyl (C=O) groups is 2. The average molecular weight is 303 g/mol. The van der Waals surface area contributed by atoms with E-state index in [1.54, 1.807) is 4.90 Å². The molecular weight excluding hydrogens is 282 g/mol. The number of fused-ring (bicyclic) bond motifs is 1. The van der Waals surface area contributed by atoms with Gasteiger partial charge in [0.25, 0.3) is 0 Å². The summed E-state index contributed by atoms with van der Waals surface area (Å²) in [5, 5.41) is 2.92. The fourth-order valence-electron chi connectivity index (χ4n) is 3.05. The molecule has 0 bridgehead atoms. The lowest BCUT2D eigenvalue weighted by molar-refractivity contribution is -0.123. The fourth-order valence-corrected chi connectivity index (χ4v) is 3.05. The van der Waals surface area contributed by atoms with E-state index in [9.17, 15) is 9.59 Å². The first-order valence-corrected chi connectivity index (χ1v) is 7.70. The van der Waals surface area contributed by atoms with Crippen molar-refractivity contribution in [3.63, 3.8) is 0 Å². The molecule has 2 aliphatic rings. The normalized spacial score (nSPS) is 21.1. The van der Waals surface area contributed by atoms with Gasteiger partial charge in [-0.05, 0) is 24.5 Å². The lowest BCUT2D eigenvalue weighted by Crippen LogP contribution is -2.48. The summed E-state index contributed by atoms with van der Waals surface area (Å²) in [5.74, 6) is 0.540. The number of benzene rings is 1. The number of urea groups is 1. The average Bonchev–Trinajstić information content (AvgIpc) is 2.95. The highest BCUT2D eigenvalue weighted by Crippen LogP contribution is 2.27. The molecule has 3 rings (SSSR count). The maximum absolute atomic E-state index is 12.1. The quantitative estimate of drug-likeness (QED) is 0.870. The topological polar surface area (TPSA) is 84.7 Å². The van der Waals surface area contributed by atoms with Gasteiger partial charge in [0.1, 0.15) is 11.9 Å². The summed E-state index contributed by atoms with van der Waals surface area (Å²) in [4.78, 5) is 25.0. The molecule has 1 aromatic carbocycles. The van der Waals surface area contributed by atoms with Crippen molar-refractivity contribution >= 4 is 11.9 Å². The van der Waals surface area contributed by atoms with Crippen molar-refractivity contribution < 1.29 is 14.3 Å². The molecule has 0 spiro atoms. The van der Waals surface area contributed by atoms with E-state index in [0.717, 1.165) is 12.2 Å². The van der Waals surface area contributed by atoms with Crippen LogP contribution in [0.15, 0.2) is 24.3 Å². The maximum Gasteiger partial charge on any atom is 0.317 e. The minimum absolute atomic E-state index is 0.00971. The number of nitrogens with two attached hydrogens (primary N) is 1. The van der Waals surface area contributed by atoms with Gasteiger partial charge in [-0.25, -0.2) is 4.79 Å². The number of nitrogens with one attached hydrogen (secondary N) is 1. The van der Waals surface area contributed by atoms with Crippen LogP contribution in [-0.2, 0) is 11.2 Å². The van der Waals surface area contributed by atoms with Gasteiger partial charge >= 0.3 is 6.03 Å². The Balaban J connectivity index is 1.43. The van der Waals surface area contributed by atoms with Crippen LogP contribution in [0, 0.1) is 5.92 Å². The highest BCUT2D eigenvalue weighted by Gasteiger charge is 2.27. The van der Waals surface area contributed by atoms with Crippen molar-refractivity contribution in [2.75, 3.05) is 19.6 Å². The number of carbonyl (C=O) groups excluding carboxylic acids is 2. The molecule has 118 valence electrons. The molecular formula is C16H21N3O3. The van der Waals surface area contributed by atoms with E-state index in [-0.39, 0.29) is 24.0 Å². The highest BCUT2D eigenvalue weighted by molar-refractivity contribution is 5.78. The largest absolute Gasteiger partial charge is 0.488 e. The molecule has 1 saturated heterocycles. The zero-order valence-electron chi connectivity index (χ0n) is 12.5. The fraction of sp³-hybridized carbons (Fsp3) is 0.500. The number of primary amides is 1. The first-order chi connectivity index (χ1) is 10.6. The lowest BCUT2D eigenvalue weighted by Gasteiger charge is -2.30. The van der Waals surface area contributed by atoms with Crippen LogP contribution in [0.25, 0.3) is 0 Å². The van der Waals surface area contributed by atoms with Crippen molar-refractivity contribution in [1.29, 1.82) is 0 Å². The number of piperidine rings is 1. The molecule has 6 heteroatoms. The zero-order chi connectivity index (χ0) is 15.5. The molecule has 0 saturated carbocycles. The van der Waals surface area contributed by atoms with Crippen LogP contribution in [0.2, 0.25) is 0 Å². The second-order valence-corrected chi connectivity index (χ2v) is 5.90. The number of hydrogen-bond donors (Lipinski definition) is 2. The Labute approximate surface area is 129 Å². The van der Waals surface area contributed by atoms with E-state index in [4.69, 9.17) is 10.5 Å². The van der Waals surface area contributed by atoms with E-state index < -0.39 is 0 Å². The maximum atomic E-state index is 12.1. The molecule has 1 unspecified atom stereocenters. The number of amides is 3. The summed E-state index contributed by atoms with van der Waals surface area (Å²) >= 11 is 0. The molecule has 2 aliphatic heterocycles. The van der Waals surface area contributed by atoms with Crippen LogP contribution in [0.3, 0.4) is 0 Å². The van der Waals surface area contributed by atoms with Crippen LogP contribution in [-0.4, -0.2) is 42.6 Å². The third-order valence-electron chi connectivity index (χ3n) is 4.38. The number of para-hydroxylation sites is 1. The van der Waals surface area contributed by atoms with Gasteiger partial charge < -0.3 is 20.7 Å². The number of nitrogens with zero attached hydrogens (tertiary/aromatic N) is 1. The van der Waals surface area contributed by atoms with E-state index >= 15 is 0 Å². The number of likely N-dealkylation sites (tertiary alicyclic amines) is 1. The van der Waals surface area contributed by atoms with Crippen LogP contribution >= 0.6 is 0 Å².